The van der Waals surface area contributed by atoms with Crippen LogP contribution in [0.4, 0.5) is 4.39 Å². The van der Waals surface area contributed by atoms with Gasteiger partial charge in [-0.3, -0.25) is 4.79 Å². The van der Waals surface area contributed by atoms with Crippen LogP contribution in [0.5, 0.6) is 0 Å². The van der Waals surface area contributed by atoms with E-state index in [2.05, 4.69) is 0 Å². The quantitative estimate of drug-likeness (QED) is 0.597. The van der Waals surface area contributed by atoms with Crippen molar-refractivity contribution in [2.45, 2.75) is 11.8 Å². The Bertz CT molecular complexity index is 613. The van der Waals surface area contributed by atoms with Crippen LogP contribution in [0.25, 0.3) is 0 Å². The summed E-state index contributed by atoms with van der Waals surface area (Å²) in [5.41, 5.74) is 1.35. The molecule has 19 heavy (non-hydrogen) atoms. The predicted molar refractivity (Wildman–Crippen MR) is 77.6 cm³/mol. The lowest BCUT2D eigenvalue weighted by Gasteiger charge is -2.06. The van der Waals surface area contributed by atoms with Gasteiger partial charge >= 0.3 is 0 Å². The van der Waals surface area contributed by atoms with E-state index in [0.717, 1.165) is 10.5 Å². The van der Waals surface area contributed by atoms with Crippen LogP contribution in [-0.2, 0) is 0 Å². The van der Waals surface area contributed by atoms with Crippen LogP contribution in [0, 0.1) is 12.7 Å². The molecule has 0 aliphatic carbocycles. The molecule has 0 spiro atoms. The number of hydrogen-bond donors (Lipinski definition) is 0. The van der Waals surface area contributed by atoms with Crippen LogP contribution in [0.2, 0.25) is 5.02 Å². The number of aryl methyl sites for hydroxylation is 1. The molecule has 0 radical (unpaired) electrons. The molecule has 4 heteroatoms. The Labute approximate surface area is 120 Å². The Morgan fingerprint density at radius 1 is 1.26 bits per heavy atom. The number of rotatable bonds is 4. The average molecular weight is 295 g/mol. The summed E-state index contributed by atoms with van der Waals surface area (Å²) >= 11 is 7.34. The molecule has 98 valence electrons. The zero-order valence-electron chi connectivity index (χ0n) is 10.3. The number of ketones is 1. The van der Waals surface area contributed by atoms with Gasteiger partial charge in [0.15, 0.2) is 5.78 Å². The summed E-state index contributed by atoms with van der Waals surface area (Å²) in [5.74, 6) is -0.375. The van der Waals surface area contributed by atoms with Crippen molar-refractivity contribution in [2.24, 2.45) is 0 Å². The van der Waals surface area contributed by atoms with Crippen LogP contribution in [0.15, 0.2) is 47.4 Å². The molecule has 0 amide bonds. The van der Waals surface area contributed by atoms with E-state index in [4.69, 9.17) is 11.6 Å². The van der Waals surface area contributed by atoms with Gasteiger partial charge in [0.1, 0.15) is 5.82 Å². The summed E-state index contributed by atoms with van der Waals surface area (Å²) in [6, 6.07) is 11.7. The van der Waals surface area contributed by atoms with E-state index in [-0.39, 0.29) is 22.1 Å². The summed E-state index contributed by atoms with van der Waals surface area (Å²) in [6.07, 6.45) is 0. The molecular weight excluding hydrogens is 283 g/mol. The van der Waals surface area contributed by atoms with Crippen LogP contribution in [-0.4, -0.2) is 11.5 Å². The highest BCUT2D eigenvalue weighted by Crippen LogP contribution is 2.25. The molecular formula is C15H12ClFOS. The summed E-state index contributed by atoms with van der Waals surface area (Å²) in [5, 5.41) is 0.289. The second-order valence-corrected chi connectivity index (χ2v) is 5.53. The van der Waals surface area contributed by atoms with Gasteiger partial charge in [0.05, 0.1) is 10.8 Å². The van der Waals surface area contributed by atoms with Crippen molar-refractivity contribution in [2.75, 3.05) is 5.75 Å². The van der Waals surface area contributed by atoms with Gasteiger partial charge in [-0.05, 0) is 36.8 Å². The fraction of sp³-hybridized carbons (Fsp3) is 0.133. The minimum atomic E-state index is -0.450. The van der Waals surface area contributed by atoms with Crippen molar-refractivity contribution in [3.8, 4) is 0 Å². The highest BCUT2D eigenvalue weighted by Gasteiger charge is 2.12. The Balaban J connectivity index is 2.10. The van der Waals surface area contributed by atoms with E-state index < -0.39 is 5.82 Å². The standard InChI is InChI=1S/C15H12ClFOS/c1-10-4-2-3-5-15(10)19-9-14(18)12-8-11(17)6-7-13(12)16/h2-8H,9H2,1H3. The molecule has 2 aromatic carbocycles. The molecule has 1 nitrogen and oxygen atoms in total. The Hall–Kier alpha value is -1.32. The molecule has 2 rings (SSSR count). The van der Waals surface area contributed by atoms with E-state index >= 15 is 0 Å². The third-order valence-electron chi connectivity index (χ3n) is 2.68. The first-order valence-corrected chi connectivity index (χ1v) is 7.11. The number of Topliss-reactive ketones (excluding diaryl/α,β-unsaturated/α-hetero) is 1. The second-order valence-electron chi connectivity index (χ2n) is 4.10. The number of benzene rings is 2. The summed E-state index contributed by atoms with van der Waals surface area (Å²) in [4.78, 5) is 13.1. The molecule has 2 aromatic rings. The number of carbonyl (C=O) groups is 1. The monoisotopic (exact) mass is 294 g/mol. The normalized spacial score (nSPS) is 10.5. The molecule has 0 atom stereocenters. The third kappa shape index (κ3) is 3.58. The average Bonchev–Trinajstić information content (AvgIpc) is 2.40. The van der Waals surface area contributed by atoms with Gasteiger partial charge in [-0.1, -0.05) is 29.8 Å². The third-order valence-corrected chi connectivity index (χ3v) is 4.19. The molecule has 0 bridgehead atoms. The molecule has 0 saturated heterocycles. The van der Waals surface area contributed by atoms with Gasteiger partial charge in [-0.15, -0.1) is 11.8 Å². The van der Waals surface area contributed by atoms with E-state index in [0.29, 0.717) is 0 Å². The molecule has 0 unspecified atom stereocenters. The lowest BCUT2D eigenvalue weighted by atomic mass is 10.1. The molecule has 0 saturated carbocycles. The Kier molecular flexibility index (Phi) is 4.61. The van der Waals surface area contributed by atoms with Crippen molar-refractivity contribution in [1.82, 2.24) is 0 Å². The zero-order valence-corrected chi connectivity index (χ0v) is 11.9. The lowest BCUT2D eigenvalue weighted by Crippen LogP contribution is -2.04. The highest BCUT2D eigenvalue weighted by molar-refractivity contribution is 8.00. The van der Waals surface area contributed by atoms with E-state index in [1.165, 1.54) is 30.0 Å². The molecule has 0 fully saturated rings. The Morgan fingerprint density at radius 2 is 2.00 bits per heavy atom. The van der Waals surface area contributed by atoms with Crippen LogP contribution < -0.4 is 0 Å². The molecule has 0 aliphatic heterocycles. The first kappa shape index (κ1) is 14.1. The maximum Gasteiger partial charge on any atom is 0.174 e. The van der Waals surface area contributed by atoms with E-state index in [1.807, 2.05) is 31.2 Å². The van der Waals surface area contributed by atoms with Crippen molar-refractivity contribution in [3.05, 3.63) is 64.4 Å². The first-order chi connectivity index (χ1) is 9.08. The minimum absolute atomic E-state index is 0.169. The van der Waals surface area contributed by atoms with Crippen LogP contribution in [0.1, 0.15) is 15.9 Å². The molecule has 0 aromatic heterocycles. The number of hydrogen-bond acceptors (Lipinski definition) is 2. The van der Waals surface area contributed by atoms with Gasteiger partial charge < -0.3 is 0 Å². The maximum absolute atomic E-state index is 13.1. The molecule has 0 N–H and O–H groups in total. The number of thioether (sulfide) groups is 1. The topological polar surface area (TPSA) is 17.1 Å². The summed E-state index contributed by atoms with van der Waals surface area (Å²) < 4.78 is 13.1. The smallest absolute Gasteiger partial charge is 0.174 e. The van der Waals surface area contributed by atoms with Gasteiger partial charge in [0.2, 0.25) is 0 Å². The fourth-order valence-electron chi connectivity index (χ4n) is 1.65. The SMILES string of the molecule is Cc1ccccc1SCC(=O)c1cc(F)ccc1Cl. The molecule has 0 aliphatic rings. The van der Waals surface area contributed by atoms with Crippen LogP contribution >= 0.6 is 23.4 Å². The number of halogens is 2. The van der Waals surface area contributed by atoms with Crippen molar-refractivity contribution >= 4 is 29.1 Å². The lowest BCUT2D eigenvalue weighted by molar-refractivity contribution is 0.102. The Morgan fingerprint density at radius 3 is 2.74 bits per heavy atom. The number of carbonyl (C=O) groups excluding carboxylic acids is 1. The second kappa shape index (κ2) is 6.22. The van der Waals surface area contributed by atoms with E-state index in [1.54, 1.807) is 0 Å². The van der Waals surface area contributed by atoms with Crippen molar-refractivity contribution in [1.29, 1.82) is 0 Å². The fourth-order valence-corrected chi connectivity index (χ4v) is 2.79. The molecule has 0 heterocycles. The first-order valence-electron chi connectivity index (χ1n) is 5.74. The van der Waals surface area contributed by atoms with Gasteiger partial charge in [0.25, 0.3) is 0 Å². The van der Waals surface area contributed by atoms with E-state index in [9.17, 15) is 9.18 Å². The van der Waals surface area contributed by atoms with Gasteiger partial charge in [-0.25, -0.2) is 4.39 Å². The highest BCUT2D eigenvalue weighted by atomic mass is 35.5. The van der Waals surface area contributed by atoms with Crippen molar-refractivity contribution in [3.63, 3.8) is 0 Å². The summed E-state index contributed by atoms with van der Waals surface area (Å²) in [6.45, 7) is 1.99. The minimum Gasteiger partial charge on any atom is -0.293 e. The van der Waals surface area contributed by atoms with Crippen LogP contribution in [0.3, 0.4) is 0 Å². The predicted octanol–water partition coefficient (Wildman–Crippen LogP) is 4.76. The van der Waals surface area contributed by atoms with Gasteiger partial charge in [-0.2, -0.15) is 0 Å². The maximum atomic E-state index is 13.1. The van der Waals surface area contributed by atoms with Crippen molar-refractivity contribution < 1.29 is 9.18 Å². The van der Waals surface area contributed by atoms with Gasteiger partial charge in [0, 0.05) is 10.5 Å². The zero-order chi connectivity index (χ0) is 13.8. The summed E-state index contributed by atoms with van der Waals surface area (Å²) in [7, 11) is 0. The largest absolute Gasteiger partial charge is 0.293 e.